The summed E-state index contributed by atoms with van der Waals surface area (Å²) in [6, 6.07) is 3.05. The highest BCUT2D eigenvalue weighted by Crippen LogP contribution is 2.19. The lowest BCUT2D eigenvalue weighted by molar-refractivity contribution is 0.528. The molecular weight excluding hydrogens is 272 g/mol. The third-order valence-electron chi connectivity index (χ3n) is 2.74. The van der Waals surface area contributed by atoms with E-state index in [9.17, 15) is 8.42 Å². The first-order valence-electron chi connectivity index (χ1n) is 5.64. The van der Waals surface area contributed by atoms with Crippen molar-refractivity contribution in [2.75, 3.05) is 16.9 Å². The number of hydrogen-bond donors (Lipinski definition) is 3. The topological polar surface area (TPSA) is 97.1 Å². The minimum Gasteiger partial charge on any atom is -0.308 e. The van der Waals surface area contributed by atoms with Crippen LogP contribution in [-0.2, 0) is 10.0 Å². The normalized spacial score (nSPS) is 17.6. The summed E-state index contributed by atoms with van der Waals surface area (Å²) in [6.45, 7) is 0. The summed E-state index contributed by atoms with van der Waals surface area (Å²) in [4.78, 5) is 4.06. The Bertz CT molecular complexity index is 483. The lowest BCUT2D eigenvalue weighted by atomic mass is 10.2. The second kappa shape index (κ2) is 5.87. The number of nitrogens with zero attached hydrogens (tertiary/aromatic N) is 1. The standard InChI is InChI=1S/C10H16N4O2S2/c11-13-10-2-1-9(7-12-10)18(15,16)14-8-3-5-17-6-4-8/h1-2,7-8,14H,3-6,11H2,(H,12,13). The first-order chi connectivity index (χ1) is 8.62. The van der Waals surface area contributed by atoms with Crippen molar-refractivity contribution in [3.05, 3.63) is 18.3 Å². The van der Waals surface area contributed by atoms with Crippen LogP contribution >= 0.6 is 11.8 Å². The molecule has 0 radical (unpaired) electrons. The molecular formula is C10H16N4O2S2. The molecule has 0 unspecified atom stereocenters. The number of nitrogens with two attached hydrogens (primary N) is 1. The fourth-order valence-electron chi connectivity index (χ4n) is 1.73. The van der Waals surface area contributed by atoms with Gasteiger partial charge in [-0.15, -0.1) is 0 Å². The van der Waals surface area contributed by atoms with Gasteiger partial charge in [0.25, 0.3) is 0 Å². The van der Waals surface area contributed by atoms with E-state index in [-0.39, 0.29) is 10.9 Å². The molecule has 1 fully saturated rings. The van der Waals surface area contributed by atoms with Crippen molar-refractivity contribution in [2.45, 2.75) is 23.8 Å². The number of hydrogen-bond acceptors (Lipinski definition) is 6. The van der Waals surface area contributed by atoms with Gasteiger partial charge >= 0.3 is 0 Å². The van der Waals surface area contributed by atoms with Gasteiger partial charge < -0.3 is 5.43 Å². The average molecular weight is 288 g/mol. The summed E-state index contributed by atoms with van der Waals surface area (Å²) in [6.07, 6.45) is 3.05. The van der Waals surface area contributed by atoms with Crippen LogP contribution in [0, 0.1) is 0 Å². The van der Waals surface area contributed by atoms with E-state index in [1.165, 1.54) is 18.3 Å². The summed E-state index contributed by atoms with van der Waals surface area (Å²) in [5, 5.41) is 0. The molecule has 4 N–H and O–H groups in total. The molecule has 0 atom stereocenters. The summed E-state index contributed by atoms with van der Waals surface area (Å²) < 4.78 is 26.9. The van der Waals surface area contributed by atoms with Crippen LogP contribution in [0.15, 0.2) is 23.2 Å². The molecule has 2 rings (SSSR count). The zero-order chi connectivity index (χ0) is 13.0. The van der Waals surface area contributed by atoms with Crippen LogP contribution in [-0.4, -0.2) is 30.9 Å². The monoisotopic (exact) mass is 288 g/mol. The third-order valence-corrected chi connectivity index (χ3v) is 5.29. The Hall–Kier alpha value is -0.830. The molecule has 2 heterocycles. The van der Waals surface area contributed by atoms with E-state index in [2.05, 4.69) is 15.1 Å². The molecule has 0 aliphatic carbocycles. The maximum absolute atomic E-state index is 12.1. The van der Waals surface area contributed by atoms with Crippen LogP contribution in [0.2, 0.25) is 0 Å². The predicted molar refractivity (Wildman–Crippen MR) is 72.7 cm³/mol. The first kappa shape index (κ1) is 13.6. The highest BCUT2D eigenvalue weighted by molar-refractivity contribution is 7.99. The van der Waals surface area contributed by atoms with Crippen molar-refractivity contribution in [2.24, 2.45) is 5.84 Å². The molecule has 1 aliphatic rings. The number of nitrogens with one attached hydrogen (secondary N) is 2. The van der Waals surface area contributed by atoms with Gasteiger partial charge in [0.2, 0.25) is 10.0 Å². The van der Waals surface area contributed by atoms with Gasteiger partial charge in [0.15, 0.2) is 0 Å². The quantitative estimate of drug-likeness (QED) is 0.553. The average Bonchev–Trinajstić information content (AvgIpc) is 2.39. The molecule has 6 nitrogen and oxygen atoms in total. The molecule has 18 heavy (non-hydrogen) atoms. The molecule has 1 aliphatic heterocycles. The van der Waals surface area contributed by atoms with Gasteiger partial charge in [0.1, 0.15) is 10.7 Å². The van der Waals surface area contributed by atoms with E-state index in [1.807, 2.05) is 11.8 Å². The highest BCUT2D eigenvalue weighted by Gasteiger charge is 2.22. The third kappa shape index (κ3) is 3.35. The van der Waals surface area contributed by atoms with Gasteiger partial charge in [0, 0.05) is 12.2 Å². The minimum atomic E-state index is -3.48. The SMILES string of the molecule is NNc1ccc(S(=O)(=O)NC2CCSCC2)cn1. The van der Waals surface area contributed by atoms with Crippen molar-refractivity contribution in [3.8, 4) is 0 Å². The van der Waals surface area contributed by atoms with Crippen molar-refractivity contribution < 1.29 is 8.42 Å². The lowest BCUT2D eigenvalue weighted by Gasteiger charge is -2.22. The Labute approximate surface area is 111 Å². The second-order valence-corrected chi connectivity index (χ2v) is 6.97. The van der Waals surface area contributed by atoms with Crippen LogP contribution in [0.4, 0.5) is 5.82 Å². The zero-order valence-corrected chi connectivity index (χ0v) is 11.4. The fraction of sp³-hybridized carbons (Fsp3) is 0.500. The maximum atomic E-state index is 12.1. The van der Waals surface area contributed by atoms with Gasteiger partial charge in [-0.25, -0.2) is 24.0 Å². The van der Waals surface area contributed by atoms with Gasteiger partial charge in [0.05, 0.1) is 0 Å². The summed E-state index contributed by atoms with van der Waals surface area (Å²) >= 11 is 1.86. The van der Waals surface area contributed by atoms with E-state index >= 15 is 0 Å². The number of hydrazine groups is 1. The lowest BCUT2D eigenvalue weighted by Crippen LogP contribution is -2.37. The second-order valence-electron chi connectivity index (χ2n) is 4.03. The van der Waals surface area contributed by atoms with E-state index in [0.717, 1.165) is 24.3 Å². The Morgan fingerprint density at radius 2 is 2.06 bits per heavy atom. The summed E-state index contributed by atoms with van der Waals surface area (Å²) in [7, 11) is -3.48. The van der Waals surface area contributed by atoms with Gasteiger partial charge in [-0.2, -0.15) is 11.8 Å². The van der Waals surface area contributed by atoms with Crippen molar-refractivity contribution in [1.82, 2.24) is 9.71 Å². The molecule has 0 amide bonds. The maximum Gasteiger partial charge on any atom is 0.242 e. The minimum absolute atomic E-state index is 0.0311. The Balaban J connectivity index is 2.08. The van der Waals surface area contributed by atoms with Crippen LogP contribution in [0.1, 0.15) is 12.8 Å². The molecule has 0 bridgehead atoms. The molecule has 0 saturated carbocycles. The number of aromatic nitrogens is 1. The molecule has 1 aromatic heterocycles. The molecule has 100 valence electrons. The molecule has 8 heteroatoms. The Morgan fingerprint density at radius 1 is 1.33 bits per heavy atom. The number of thioether (sulfide) groups is 1. The van der Waals surface area contributed by atoms with Crippen LogP contribution in [0.5, 0.6) is 0 Å². The van der Waals surface area contributed by atoms with Gasteiger partial charge in [-0.3, -0.25) is 0 Å². The summed E-state index contributed by atoms with van der Waals surface area (Å²) in [5.74, 6) is 7.61. The number of pyridine rings is 1. The number of sulfonamides is 1. The first-order valence-corrected chi connectivity index (χ1v) is 8.28. The van der Waals surface area contributed by atoms with E-state index in [0.29, 0.717) is 5.82 Å². The van der Waals surface area contributed by atoms with E-state index in [4.69, 9.17) is 5.84 Å². The Morgan fingerprint density at radius 3 is 2.61 bits per heavy atom. The smallest absolute Gasteiger partial charge is 0.242 e. The van der Waals surface area contributed by atoms with Crippen molar-refractivity contribution in [1.29, 1.82) is 0 Å². The van der Waals surface area contributed by atoms with Crippen molar-refractivity contribution in [3.63, 3.8) is 0 Å². The molecule has 0 spiro atoms. The van der Waals surface area contributed by atoms with Crippen molar-refractivity contribution >= 4 is 27.6 Å². The Kier molecular flexibility index (Phi) is 4.44. The molecule has 1 aromatic rings. The highest BCUT2D eigenvalue weighted by atomic mass is 32.2. The largest absolute Gasteiger partial charge is 0.308 e. The van der Waals surface area contributed by atoms with Crippen LogP contribution < -0.4 is 16.0 Å². The number of anilines is 1. The van der Waals surface area contributed by atoms with E-state index in [1.54, 1.807) is 0 Å². The van der Waals surface area contributed by atoms with Crippen LogP contribution in [0.25, 0.3) is 0 Å². The van der Waals surface area contributed by atoms with Crippen LogP contribution in [0.3, 0.4) is 0 Å². The predicted octanol–water partition coefficient (Wildman–Crippen LogP) is 0.541. The molecule has 1 saturated heterocycles. The van der Waals surface area contributed by atoms with E-state index < -0.39 is 10.0 Å². The number of nitrogen functional groups attached to an aromatic ring is 1. The molecule has 0 aromatic carbocycles. The van der Waals surface area contributed by atoms with Gasteiger partial charge in [-0.1, -0.05) is 0 Å². The fourth-order valence-corrected chi connectivity index (χ4v) is 4.08. The van der Waals surface area contributed by atoms with Gasteiger partial charge in [-0.05, 0) is 36.5 Å². The zero-order valence-electron chi connectivity index (χ0n) is 9.80. The number of rotatable bonds is 4. The summed E-state index contributed by atoms with van der Waals surface area (Å²) in [5.41, 5.74) is 2.36.